The predicted molar refractivity (Wildman–Crippen MR) is 145 cm³/mol. The topological polar surface area (TPSA) is 93.1 Å². The molecule has 0 heterocycles. The highest BCUT2D eigenvalue weighted by Gasteiger charge is 2.70. The summed E-state index contributed by atoms with van der Waals surface area (Å²) in [6.07, 6.45) is 10.3. The Morgan fingerprint density at radius 2 is 1.55 bits per heavy atom. The second-order valence-electron chi connectivity index (χ2n) is 15.0. The van der Waals surface area contributed by atoms with Crippen LogP contribution in [0.1, 0.15) is 98.8 Å². The number of ether oxygens (including phenoxy) is 2. The van der Waals surface area contributed by atoms with E-state index in [4.69, 9.17) is 9.47 Å². The molecule has 0 amide bonds. The van der Waals surface area contributed by atoms with E-state index in [2.05, 4.69) is 33.8 Å². The number of aliphatic hydroxyl groups excluding tert-OH is 2. The molecule has 4 fully saturated rings. The molecular formula is C32H50O6. The average Bonchev–Trinajstić information content (AvgIpc) is 2.90. The zero-order chi connectivity index (χ0) is 27.9. The maximum atomic E-state index is 13.5. The number of rotatable bonds is 3. The summed E-state index contributed by atoms with van der Waals surface area (Å²) < 4.78 is 10.7. The van der Waals surface area contributed by atoms with E-state index >= 15 is 0 Å². The van der Waals surface area contributed by atoms with Crippen LogP contribution in [0.25, 0.3) is 0 Å². The zero-order valence-corrected chi connectivity index (χ0v) is 24.7. The fourth-order valence-electron chi connectivity index (χ4n) is 11.1. The fraction of sp³-hybridized carbons (Fsp3) is 0.875. The van der Waals surface area contributed by atoms with Crippen LogP contribution < -0.4 is 0 Å². The van der Waals surface area contributed by atoms with Crippen LogP contribution in [-0.2, 0) is 19.1 Å². The molecule has 38 heavy (non-hydrogen) atoms. The molecule has 0 spiro atoms. The molecule has 0 aliphatic heterocycles. The van der Waals surface area contributed by atoms with Crippen LogP contribution in [0.2, 0.25) is 0 Å². The van der Waals surface area contributed by atoms with Crippen molar-refractivity contribution >= 4 is 11.9 Å². The van der Waals surface area contributed by atoms with Crippen molar-refractivity contribution in [1.29, 1.82) is 0 Å². The minimum Gasteiger partial charge on any atom is -0.469 e. The third-order valence-corrected chi connectivity index (χ3v) is 13.8. The van der Waals surface area contributed by atoms with Gasteiger partial charge in [0.15, 0.2) is 0 Å². The largest absolute Gasteiger partial charge is 0.469 e. The Balaban J connectivity index is 1.60. The number of hydrogen-bond donors (Lipinski definition) is 2. The number of fused-ring (bicyclic) bond motifs is 7. The van der Waals surface area contributed by atoms with Crippen LogP contribution in [0, 0.1) is 50.2 Å². The van der Waals surface area contributed by atoms with E-state index in [1.165, 1.54) is 19.8 Å². The van der Waals surface area contributed by atoms with Gasteiger partial charge < -0.3 is 19.7 Å². The summed E-state index contributed by atoms with van der Waals surface area (Å²) in [5.41, 5.74) is -0.335. The number of methoxy groups -OCH3 is 2. The van der Waals surface area contributed by atoms with Crippen molar-refractivity contribution in [3.05, 3.63) is 11.6 Å². The summed E-state index contributed by atoms with van der Waals surface area (Å²) in [7, 11) is 2.97. The van der Waals surface area contributed by atoms with E-state index in [0.717, 1.165) is 44.9 Å². The molecule has 0 bridgehead atoms. The Labute approximate surface area is 228 Å². The molecule has 2 N–H and O–H groups in total. The summed E-state index contributed by atoms with van der Waals surface area (Å²) in [4.78, 5) is 26.4. The lowest BCUT2D eigenvalue weighted by Crippen LogP contribution is -2.66. The van der Waals surface area contributed by atoms with Gasteiger partial charge in [-0.25, -0.2) is 0 Å². The molecule has 5 aliphatic rings. The fourth-order valence-corrected chi connectivity index (χ4v) is 11.1. The summed E-state index contributed by atoms with van der Waals surface area (Å²) >= 11 is 0. The van der Waals surface area contributed by atoms with Crippen molar-refractivity contribution in [1.82, 2.24) is 0 Å². The molecule has 6 nitrogen and oxygen atoms in total. The summed E-state index contributed by atoms with van der Waals surface area (Å²) in [6.45, 7) is 11.5. The molecule has 214 valence electrons. The lowest BCUT2D eigenvalue weighted by atomic mass is 9.33. The van der Waals surface area contributed by atoms with Gasteiger partial charge in [-0.05, 0) is 105 Å². The van der Waals surface area contributed by atoms with Gasteiger partial charge in [-0.1, -0.05) is 39.3 Å². The monoisotopic (exact) mass is 530 g/mol. The third kappa shape index (κ3) is 3.31. The highest BCUT2D eigenvalue weighted by atomic mass is 16.5. The van der Waals surface area contributed by atoms with Crippen LogP contribution in [0.4, 0.5) is 0 Å². The van der Waals surface area contributed by atoms with Crippen molar-refractivity contribution in [2.24, 2.45) is 50.2 Å². The van der Waals surface area contributed by atoms with Crippen LogP contribution in [-0.4, -0.2) is 49.1 Å². The van der Waals surface area contributed by atoms with Crippen molar-refractivity contribution in [3.63, 3.8) is 0 Å². The predicted octanol–water partition coefficient (Wildman–Crippen LogP) is 5.45. The summed E-state index contributed by atoms with van der Waals surface area (Å²) in [6, 6.07) is 0. The van der Waals surface area contributed by atoms with E-state index in [-0.39, 0.29) is 46.6 Å². The Morgan fingerprint density at radius 3 is 2.18 bits per heavy atom. The first-order valence-corrected chi connectivity index (χ1v) is 14.9. The first kappa shape index (κ1) is 28.1. The molecule has 6 heteroatoms. The van der Waals surface area contributed by atoms with Crippen molar-refractivity contribution < 1.29 is 29.3 Å². The van der Waals surface area contributed by atoms with Gasteiger partial charge >= 0.3 is 11.9 Å². The second kappa shape index (κ2) is 8.80. The zero-order valence-electron chi connectivity index (χ0n) is 24.7. The Bertz CT molecular complexity index is 1040. The molecule has 5 aliphatic carbocycles. The smallest absolute Gasteiger partial charge is 0.312 e. The number of aliphatic hydroxyl groups is 2. The van der Waals surface area contributed by atoms with E-state index in [0.29, 0.717) is 25.2 Å². The molecule has 5 rings (SSSR count). The standard InChI is InChI=1S/C32H50O6/c1-27(25(35)37-6)14-16-32(26(36)38-7)17-15-30(4)20(21(32)18-27)8-9-23-28(2)12-11-24(34)29(3,19-33)22(28)10-13-31(23,30)5/h8,21-24,33-34H,9-19H2,1-7H3/t21-,22+,23+,24-,27+,28-,29+,30+,31+,32-/m0/s1. The van der Waals surface area contributed by atoms with Gasteiger partial charge in [0.05, 0.1) is 37.8 Å². The molecule has 4 saturated carbocycles. The van der Waals surface area contributed by atoms with Gasteiger partial charge in [0.1, 0.15) is 0 Å². The minimum atomic E-state index is -0.611. The average molecular weight is 531 g/mol. The summed E-state index contributed by atoms with van der Waals surface area (Å²) in [5.74, 6) is 0.365. The highest BCUT2D eigenvalue weighted by Crippen LogP contribution is 2.75. The van der Waals surface area contributed by atoms with Gasteiger partial charge in [-0.2, -0.15) is 0 Å². The number of carbonyl (C=O) groups excluding carboxylic acids is 2. The van der Waals surface area contributed by atoms with Gasteiger partial charge in [0, 0.05) is 5.41 Å². The molecule has 0 aromatic rings. The van der Waals surface area contributed by atoms with E-state index < -0.39 is 22.3 Å². The van der Waals surface area contributed by atoms with Crippen LogP contribution >= 0.6 is 0 Å². The lowest BCUT2D eigenvalue weighted by molar-refractivity contribution is -0.217. The number of esters is 2. The quantitative estimate of drug-likeness (QED) is 0.372. The van der Waals surface area contributed by atoms with Crippen LogP contribution in [0.15, 0.2) is 11.6 Å². The van der Waals surface area contributed by atoms with E-state index in [1.807, 2.05) is 6.92 Å². The molecule has 10 atom stereocenters. The first-order chi connectivity index (χ1) is 17.7. The maximum Gasteiger partial charge on any atom is 0.312 e. The van der Waals surface area contributed by atoms with Crippen LogP contribution in [0.5, 0.6) is 0 Å². The Hall–Kier alpha value is -1.40. The third-order valence-electron chi connectivity index (χ3n) is 13.8. The SMILES string of the molecule is COC(=O)[C@]1(C)CC[C@]2(C(=O)OC)CC[C@]3(C)C(=CC[C@@H]4[C@@]5(C)CC[C@H](O)[C@](C)(CO)[C@@H]5CC[C@]43C)[C@@H]2C1. The van der Waals surface area contributed by atoms with Crippen LogP contribution in [0.3, 0.4) is 0 Å². The van der Waals surface area contributed by atoms with Gasteiger partial charge in [-0.3, -0.25) is 9.59 Å². The van der Waals surface area contributed by atoms with Crippen molar-refractivity contribution in [2.45, 2.75) is 105 Å². The van der Waals surface area contributed by atoms with E-state index in [9.17, 15) is 19.8 Å². The minimum absolute atomic E-state index is 0.0199. The van der Waals surface area contributed by atoms with Crippen molar-refractivity contribution in [3.8, 4) is 0 Å². The Kier molecular flexibility index (Phi) is 6.52. The van der Waals surface area contributed by atoms with E-state index in [1.54, 1.807) is 0 Å². The molecule has 0 saturated heterocycles. The summed E-state index contributed by atoms with van der Waals surface area (Å²) in [5, 5.41) is 21.4. The Morgan fingerprint density at radius 1 is 0.895 bits per heavy atom. The lowest BCUT2D eigenvalue weighted by Gasteiger charge is -2.71. The van der Waals surface area contributed by atoms with Gasteiger partial charge in [0.2, 0.25) is 0 Å². The molecule has 0 aromatic heterocycles. The number of allylic oxidation sites excluding steroid dienone is 2. The molecule has 0 aromatic carbocycles. The number of hydrogen-bond acceptors (Lipinski definition) is 6. The first-order valence-electron chi connectivity index (χ1n) is 14.9. The normalized spacial score (nSPS) is 51.9. The molecule has 0 radical (unpaired) electrons. The second-order valence-corrected chi connectivity index (χ2v) is 15.0. The molecular weight excluding hydrogens is 480 g/mol. The molecule has 0 unspecified atom stereocenters. The highest BCUT2D eigenvalue weighted by molar-refractivity contribution is 5.81. The van der Waals surface area contributed by atoms with Crippen molar-refractivity contribution in [2.75, 3.05) is 20.8 Å². The van der Waals surface area contributed by atoms with Gasteiger partial charge in [0.25, 0.3) is 0 Å². The number of carbonyl (C=O) groups is 2. The maximum absolute atomic E-state index is 13.5. The van der Waals surface area contributed by atoms with Gasteiger partial charge in [-0.15, -0.1) is 0 Å².